The maximum atomic E-state index is 12.2. The Morgan fingerprint density at radius 1 is 1.20 bits per heavy atom. The Bertz CT molecular complexity index is 936. The van der Waals surface area contributed by atoms with Crippen LogP contribution in [0.2, 0.25) is 0 Å². The van der Waals surface area contributed by atoms with Gasteiger partial charge in [-0.15, -0.1) is 11.3 Å². The molecule has 2 aromatic carbocycles. The minimum Gasteiger partial charge on any atom is -0.454 e. The molecule has 0 saturated carbocycles. The Morgan fingerprint density at radius 3 is 2.96 bits per heavy atom. The van der Waals surface area contributed by atoms with Crippen LogP contribution in [0.1, 0.15) is 10.6 Å². The van der Waals surface area contributed by atoms with Crippen LogP contribution in [-0.2, 0) is 11.2 Å². The van der Waals surface area contributed by atoms with Gasteiger partial charge in [-0.3, -0.25) is 4.79 Å². The van der Waals surface area contributed by atoms with Crippen LogP contribution in [0.5, 0.6) is 11.5 Å². The Hall–Kier alpha value is -2.86. The highest BCUT2D eigenvalue weighted by molar-refractivity contribution is 7.10. The van der Waals surface area contributed by atoms with Gasteiger partial charge in [0.1, 0.15) is 5.01 Å². The molecule has 1 aliphatic rings. The number of carbonyl (C=O) groups is 1. The third-order valence-electron chi connectivity index (χ3n) is 3.83. The molecule has 0 fully saturated rings. The minimum atomic E-state index is -0.0720. The number of ether oxygens (including phenoxy) is 2. The molecule has 0 spiro atoms. The summed E-state index contributed by atoms with van der Waals surface area (Å²) in [6.07, 6.45) is 0.253. The molecule has 0 aliphatic carbocycles. The van der Waals surface area contributed by atoms with E-state index in [4.69, 9.17) is 9.47 Å². The lowest BCUT2D eigenvalue weighted by molar-refractivity contribution is -0.115. The highest BCUT2D eigenvalue weighted by atomic mass is 32.1. The molecule has 1 amide bonds. The number of aryl methyl sites for hydroxylation is 1. The Labute approximate surface area is 149 Å². The zero-order chi connectivity index (χ0) is 17.2. The SMILES string of the molecule is Cc1cccc(NC(=O)Cc2nc(-c3ccc4c(c3)OCO4)cs2)c1. The average molecular weight is 352 g/mol. The Morgan fingerprint density at radius 2 is 2.08 bits per heavy atom. The van der Waals surface area contributed by atoms with Crippen LogP contribution in [0.25, 0.3) is 11.3 Å². The molecule has 126 valence electrons. The largest absolute Gasteiger partial charge is 0.454 e. The lowest BCUT2D eigenvalue weighted by Crippen LogP contribution is -2.14. The van der Waals surface area contributed by atoms with Crippen LogP contribution in [0.3, 0.4) is 0 Å². The fourth-order valence-electron chi connectivity index (χ4n) is 2.65. The number of hydrogen-bond acceptors (Lipinski definition) is 5. The van der Waals surface area contributed by atoms with Crippen LogP contribution in [0.15, 0.2) is 47.8 Å². The number of benzene rings is 2. The second kappa shape index (κ2) is 6.57. The first-order valence-electron chi connectivity index (χ1n) is 7.88. The molecular formula is C19H16N2O3S. The lowest BCUT2D eigenvalue weighted by Gasteiger charge is -2.04. The molecule has 0 atom stereocenters. The number of aromatic nitrogens is 1. The van der Waals surface area contributed by atoms with Gasteiger partial charge in [-0.05, 0) is 42.8 Å². The third-order valence-corrected chi connectivity index (χ3v) is 4.68. The fourth-order valence-corrected chi connectivity index (χ4v) is 3.45. The molecule has 6 heteroatoms. The molecule has 0 unspecified atom stereocenters. The van der Waals surface area contributed by atoms with Gasteiger partial charge in [0.25, 0.3) is 0 Å². The van der Waals surface area contributed by atoms with Crippen molar-refractivity contribution in [2.45, 2.75) is 13.3 Å². The smallest absolute Gasteiger partial charge is 0.231 e. The number of fused-ring (bicyclic) bond motifs is 1. The number of carbonyl (C=O) groups excluding carboxylic acids is 1. The van der Waals surface area contributed by atoms with Crippen molar-refractivity contribution in [3.05, 3.63) is 58.4 Å². The number of nitrogens with one attached hydrogen (secondary N) is 1. The summed E-state index contributed by atoms with van der Waals surface area (Å²) >= 11 is 1.48. The van der Waals surface area contributed by atoms with Gasteiger partial charge in [0.2, 0.25) is 12.7 Å². The molecular weight excluding hydrogens is 336 g/mol. The van der Waals surface area contributed by atoms with Crippen molar-refractivity contribution >= 4 is 22.9 Å². The van der Waals surface area contributed by atoms with Crippen molar-refractivity contribution in [2.24, 2.45) is 0 Å². The Balaban J connectivity index is 1.45. The highest BCUT2D eigenvalue weighted by Crippen LogP contribution is 2.36. The van der Waals surface area contributed by atoms with Crippen molar-refractivity contribution in [1.29, 1.82) is 0 Å². The van der Waals surface area contributed by atoms with Crippen molar-refractivity contribution in [3.63, 3.8) is 0 Å². The highest BCUT2D eigenvalue weighted by Gasteiger charge is 2.15. The van der Waals surface area contributed by atoms with E-state index in [2.05, 4.69) is 10.3 Å². The van der Waals surface area contributed by atoms with E-state index in [0.717, 1.165) is 39.0 Å². The fraction of sp³-hybridized carbons (Fsp3) is 0.158. The molecule has 3 aromatic rings. The van der Waals surface area contributed by atoms with Crippen LogP contribution in [0, 0.1) is 6.92 Å². The summed E-state index contributed by atoms with van der Waals surface area (Å²) < 4.78 is 10.7. The number of hydrogen-bond donors (Lipinski definition) is 1. The predicted molar refractivity (Wildman–Crippen MR) is 97.2 cm³/mol. The molecule has 0 bridgehead atoms. The van der Waals surface area contributed by atoms with E-state index in [0.29, 0.717) is 0 Å². The van der Waals surface area contributed by atoms with E-state index in [1.165, 1.54) is 11.3 Å². The molecule has 25 heavy (non-hydrogen) atoms. The van der Waals surface area contributed by atoms with Gasteiger partial charge >= 0.3 is 0 Å². The summed E-state index contributed by atoms with van der Waals surface area (Å²) in [5.74, 6) is 1.40. The Kier molecular flexibility index (Phi) is 4.11. The van der Waals surface area contributed by atoms with Crippen LogP contribution in [-0.4, -0.2) is 17.7 Å². The molecule has 1 aromatic heterocycles. The molecule has 1 aliphatic heterocycles. The normalized spacial score (nSPS) is 12.2. The van der Waals surface area contributed by atoms with E-state index >= 15 is 0 Å². The summed E-state index contributed by atoms with van der Waals surface area (Å²) in [5.41, 5.74) is 3.70. The molecule has 5 nitrogen and oxygen atoms in total. The summed E-state index contributed by atoms with van der Waals surface area (Å²) in [6.45, 7) is 2.24. The van der Waals surface area contributed by atoms with E-state index in [-0.39, 0.29) is 19.1 Å². The van der Waals surface area contributed by atoms with E-state index in [9.17, 15) is 4.79 Å². The van der Waals surface area contributed by atoms with Crippen LogP contribution in [0.4, 0.5) is 5.69 Å². The first kappa shape index (κ1) is 15.7. The van der Waals surface area contributed by atoms with Crippen molar-refractivity contribution in [1.82, 2.24) is 4.98 Å². The number of amides is 1. The maximum absolute atomic E-state index is 12.2. The van der Waals surface area contributed by atoms with E-state index in [1.54, 1.807) is 0 Å². The summed E-state index contributed by atoms with van der Waals surface area (Å²) in [6, 6.07) is 13.5. The van der Waals surface area contributed by atoms with E-state index in [1.807, 2.05) is 54.8 Å². The van der Waals surface area contributed by atoms with Gasteiger partial charge in [0, 0.05) is 16.6 Å². The standard InChI is InChI=1S/C19H16N2O3S/c1-12-3-2-4-14(7-12)20-18(22)9-19-21-15(10-25-19)13-5-6-16-17(8-13)24-11-23-16/h2-8,10H,9,11H2,1H3,(H,20,22). The molecule has 4 rings (SSSR count). The third kappa shape index (κ3) is 3.49. The van der Waals surface area contributed by atoms with Gasteiger partial charge in [-0.25, -0.2) is 4.98 Å². The van der Waals surface area contributed by atoms with Gasteiger partial charge < -0.3 is 14.8 Å². The van der Waals surface area contributed by atoms with Crippen LogP contribution < -0.4 is 14.8 Å². The number of anilines is 1. The predicted octanol–water partition coefficient (Wildman–Crippen LogP) is 4.03. The monoisotopic (exact) mass is 352 g/mol. The summed E-state index contributed by atoms with van der Waals surface area (Å²) in [5, 5.41) is 5.63. The van der Waals surface area contributed by atoms with E-state index < -0.39 is 0 Å². The van der Waals surface area contributed by atoms with Gasteiger partial charge in [-0.1, -0.05) is 12.1 Å². The van der Waals surface area contributed by atoms with Gasteiger partial charge in [0.15, 0.2) is 11.5 Å². The first-order chi connectivity index (χ1) is 12.2. The van der Waals surface area contributed by atoms with Crippen LogP contribution >= 0.6 is 11.3 Å². The maximum Gasteiger partial charge on any atom is 0.231 e. The quantitative estimate of drug-likeness (QED) is 0.770. The zero-order valence-electron chi connectivity index (χ0n) is 13.6. The number of rotatable bonds is 4. The number of thiazole rings is 1. The topological polar surface area (TPSA) is 60.5 Å². The first-order valence-corrected chi connectivity index (χ1v) is 8.76. The lowest BCUT2D eigenvalue weighted by atomic mass is 10.1. The molecule has 1 N–H and O–H groups in total. The number of nitrogens with zero attached hydrogens (tertiary/aromatic N) is 1. The molecule has 0 radical (unpaired) electrons. The second-order valence-electron chi connectivity index (χ2n) is 5.79. The molecule has 0 saturated heterocycles. The van der Waals surface area contributed by atoms with Crippen molar-refractivity contribution in [2.75, 3.05) is 12.1 Å². The average Bonchev–Trinajstić information content (AvgIpc) is 3.23. The van der Waals surface area contributed by atoms with Crippen molar-refractivity contribution in [3.8, 4) is 22.8 Å². The summed E-state index contributed by atoms with van der Waals surface area (Å²) in [4.78, 5) is 16.8. The summed E-state index contributed by atoms with van der Waals surface area (Å²) in [7, 11) is 0. The molecule has 2 heterocycles. The van der Waals surface area contributed by atoms with Crippen molar-refractivity contribution < 1.29 is 14.3 Å². The van der Waals surface area contributed by atoms with Gasteiger partial charge in [0.05, 0.1) is 12.1 Å². The zero-order valence-corrected chi connectivity index (χ0v) is 14.4. The minimum absolute atomic E-state index is 0.0720. The van der Waals surface area contributed by atoms with Gasteiger partial charge in [-0.2, -0.15) is 0 Å². The second-order valence-corrected chi connectivity index (χ2v) is 6.73.